The molecule has 0 fully saturated rings. The lowest BCUT2D eigenvalue weighted by Crippen LogP contribution is -2.55. The quantitative estimate of drug-likeness (QED) is 0.220. The number of pyridine rings is 1. The molecule has 0 radical (unpaired) electrons. The minimum absolute atomic E-state index is 0.161. The molecule has 0 aliphatic carbocycles. The largest absolute Gasteiger partial charge is 0.491 e. The fraction of sp³-hybridized carbons (Fsp3) is 0.208. The lowest BCUT2D eigenvalue weighted by Gasteiger charge is -2.31. The van der Waals surface area contributed by atoms with Gasteiger partial charge >= 0.3 is 30.3 Å². The van der Waals surface area contributed by atoms with E-state index in [0.717, 1.165) is 10.8 Å². The van der Waals surface area contributed by atoms with E-state index in [1.807, 2.05) is 12.1 Å². The highest BCUT2D eigenvalue weighted by atomic mass is 19.4. The summed E-state index contributed by atoms with van der Waals surface area (Å²) >= 11 is 0. The van der Waals surface area contributed by atoms with Crippen molar-refractivity contribution in [1.82, 2.24) is 10.3 Å². The van der Waals surface area contributed by atoms with Crippen molar-refractivity contribution in [3.05, 3.63) is 60.2 Å². The van der Waals surface area contributed by atoms with Crippen LogP contribution in [-0.4, -0.2) is 41.8 Å². The molecule has 0 bridgehead atoms. The summed E-state index contributed by atoms with van der Waals surface area (Å²) < 4.78 is 97.0. The average molecular weight is 540 g/mol. The molecule has 2 aromatic heterocycles. The van der Waals surface area contributed by atoms with E-state index in [0.29, 0.717) is 16.7 Å². The predicted octanol–water partition coefficient (Wildman–Crippen LogP) is 4.99. The van der Waals surface area contributed by atoms with E-state index in [2.05, 4.69) is 19.8 Å². The van der Waals surface area contributed by atoms with Gasteiger partial charge in [-0.2, -0.15) is 26.3 Å². The summed E-state index contributed by atoms with van der Waals surface area (Å²) in [6.07, 6.45) is -11.3. The minimum atomic E-state index is -5.64. The molecule has 8 nitrogen and oxygen atoms in total. The van der Waals surface area contributed by atoms with Crippen LogP contribution in [-0.2, 0) is 25.6 Å². The molecular weight excluding hydrogens is 526 g/mol. The summed E-state index contributed by atoms with van der Waals surface area (Å²) in [5.41, 5.74) is 1.73. The summed E-state index contributed by atoms with van der Waals surface area (Å²) in [4.78, 5) is 27.3. The molecule has 1 aliphatic heterocycles. The number of nitrogens with zero attached hydrogens (tertiary/aromatic N) is 1. The van der Waals surface area contributed by atoms with Crippen molar-refractivity contribution in [2.24, 2.45) is 0 Å². The molecule has 0 atom stereocenters. The maximum atomic E-state index is 12.9. The summed E-state index contributed by atoms with van der Waals surface area (Å²) in [5.74, 6) is -9.89. The van der Waals surface area contributed by atoms with Gasteiger partial charge in [-0.1, -0.05) is 36.4 Å². The Bertz CT molecular complexity index is 1530. The van der Waals surface area contributed by atoms with Crippen molar-refractivity contribution in [2.45, 2.75) is 24.9 Å². The molecule has 0 saturated carbocycles. The molecule has 0 saturated heterocycles. The first-order valence-electron chi connectivity index (χ1n) is 10.8. The Morgan fingerprint density at radius 3 is 2.21 bits per heavy atom. The predicted molar refractivity (Wildman–Crippen MR) is 116 cm³/mol. The summed E-state index contributed by atoms with van der Waals surface area (Å²) in [6, 6.07) is 15.3. The minimum Gasteiger partial charge on any atom is -0.455 e. The van der Waals surface area contributed by atoms with E-state index < -0.39 is 42.7 Å². The van der Waals surface area contributed by atoms with Crippen LogP contribution in [0.3, 0.4) is 0 Å². The first kappa shape index (κ1) is 25.3. The Kier molecular flexibility index (Phi) is 5.93. The lowest BCUT2D eigenvalue weighted by molar-refractivity contribution is -0.331. The van der Waals surface area contributed by atoms with E-state index in [1.54, 1.807) is 30.3 Å². The molecule has 38 heavy (non-hydrogen) atoms. The van der Waals surface area contributed by atoms with Crippen LogP contribution in [0.1, 0.15) is 5.56 Å². The number of furan rings is 1. The number of hydrogen-bond donors (Lipinski definition) is 1. The monoisotopic (exact) mass is 540 g/mol. The van der Waals surface area contributed by atoms with Gasteiger partial charge < -0.3 is 23.9 Å². The van der Waals surface area contributed by atoms with Crippen LogP contribution in [0.15, 0.2) is 59.0 Å². The number of ether oxygens (including phenoxy) is 3. The summed E-state index contributed by atoms with van der Waals surface area (Å²) in [5, 5.41) is 3.97. The van der Waals surface area contributed by atoms with E-state index >= 15 is 0 Å². The topological polar surface area (TPSA) is 99.9 Å². The third kappa shape index (κ3) is 4.69. The third-order valence-electron chi connectivity index (χ3n) is 5.49. The number of nitrogens with one attached hydrogen (secondary N) is 1. The normalized spacial score (nSPS) is 15.4. The second kappa shape index (κ2) is 8.90. The maximum absolute atomic E-state index is 12.9. The van der Waals surface area contributed by atoms with Gasteiger partial charge in [0.25, 0.3) is 0 Å². The molecular formula is C24H14F6N2O6. The number of halogens is 6. The van der Waals surface area contributed by atoms with Gasteiger partial charge in [-0.05, 0) is 18.2 Å². The van der Waals surface area contributed by atoms with Gasteiger partial charge in [0, 0.05) is 28.4 Å². The van der Waals surface area contributed by atoms with Gasteiger partial charge in [-0.3, -0.25) is 0 Å². The zero-order valence-corrected chi connectivity index (χ0v) is 18.8. The van der Waals surface area contributed by atoms with Crippen molar-refractivity contribution in [2.75, 3.05) is 6.54 Å². The SMILES string of the molecule is O=C(OC1(OC(=O)C(F)(F)F)CNCc2ccc(-c3cccc4c3oc3ccccc34)nc2O1)C(F)(F)F. The fourth-order valence-corrected chi connectivity index (χ4v) is 3.86. The molecule has 198 valence electrons. The van der Waals surface area contributed by atoms with Crippen LogP contribution < -0.4 is 10.1 Å². The first-order valence-corrected chi connectivity index (χ1v) is 10.8. The number of aromatic nitrogens is 1. The van der Waals surface area contributed by atoms with Gasteiger partial charge in [0.05, 0.1) is 5.69 Å². The summed E-state index contributed by atoms with van der Waals surface area (Å²) in [7, 11) is 0. The number of alkyl halides is 6. The average Bonchev–Trinajstić information content (AvgIpc) is 3.13. The Morgan fingerprint density at radius 1 is 0.868 bits per heavy atom. The zero-order valence-electron chi connectivity index (χ0n) is 18.8. The molecule has 0 spiro atoms. The van der Waals surface area contributed by atoms with Crippen LogP contribution in [0.4, 0.5) is 26.3 Å². The number of hydrogen-bond acceptors (Lipinski definition) is 8. The highest BCUT2D eigenvalue weighted by Gasteiger charge is 2.55. The van der Waals surface area contributed by atoms with Gasteiger partial charge in [0.2, 0.25) is 5.88 Å². The number of para-hydroxylation sites is 2. The molecule has 5 rings (SSSR count). The highest BCUT2D eigenvalue weighted by molar-refractivity contribution is 6.09. The van der Waals surface area contributed by atoms with E-state index in [-0.39, 0.29) is 17.8 Å². The van der Waals surface area contributed by atoms with Crippen molar-refractivity contribution < 1.29 is 54.6 Å². The molecule has 0 amide bonds. The number of fused-ring (bicyclic) bond motifs is 4. The van der Waals surface area contributed by atoms with Crippen molar-refractivity contribution in [3.63, 3.8) is 0 Å². The zero-order chi connectivity index (χ0) is 27.3. The van der Waals surface area contributed by atoms with E-state index in [9.17, 15) is 35.9 Å². The van der Waals surface area contributed by atoms with Crippen LogP contribution in [0, 0.1) is 0 Å². The van der Waals surface area contributed by atoms with Crippen LogP contribution in [0.2, 0.25) is 0 Å². The number of rotatable bonds is 3. The number of esters is 2. The molecule has 3 heterocycles. The van der Waals surface area contributed by atoms with Crippen LogP contribution in [0.5, 0.6) is 5.88 Å². The Balaban J connectivity index is 1.59. The van der Waals surface area contributed by atoms with E-state index in [1.165, 1.54) is 12.1 Å². The molecule has 1 N–H and O–H groups in total. The summed E-state index contributed by atoms with van der Waals surface area (Å²) in [6.45, 7) is -1.26. The van der Waals surface area contributed by atoms with Gasteiger partial charge in [0.1, 0.15) is 17.7 Å². The molecule has 2 aromatic carbocycles. The van der Waals surface area contributed by atoms with Crippen LogP contribution in [0.25, 0.3) is 33.2 Å². The van der Waals surface area contributed by atoms with E-state index in [4.69, 9.17) is 9.15 Å². The van der Waals surface area contributed by atoms with Gasteiger partial charge in [-0.25, -0.2) is 14.6 Å². The molecule has 0 unspecified atom stereocenters. The van der Waals surface area contributed by atoms with Crippen molar-refractivity contribution in [1.29, 1.82) is 0 Å². The Hall–Kier alpha value is -4.33. The van der Waals surface area contributed by atoms with Crippen molar-refractivity contribution in [3.8, 4) is 17.1 Å². The maximum Gasteiger partial charge on any atom is 0.491 e. The molecule has 4 aromatic rings. The second-order valence-electron chi connectivity index (χ2n) is 8.10. The van der Waals surface area contributed by atoms with Crippen LogP contribution >= 0.6 is 0 Å². The number of benzene rings is 2. The van der Waals surface area contributed by atoms with Crippen molar-refractivity contribution >= 4 is 33.9 Å². The Labute approximate surface area is 208 Å². The highest BCUT2D eigenvalue weighted by Crippen LogP contribution is 2.37. The van der Waals surface area contributed by atoms with Gasteiger partial charge in [-0.15, -0.1) is 0 Å². The van der Waals surface area contributed by atoms with Gasteiger partial charge in [0.15, 0.2) is 0 Å². The first-order chi connectivity index (χ1) is 17.9. The second-order valence-corrected chi connectivity index (χ2v) is 8.10. The number of carbonyl (C=O) groups is 2. The fourth-order valence-electron chi connectivity index (χ4n) is 3.86. The molecule has 1 aliphatic rings. The smallest absolute Gasteiger partial charge is 0.455 e. The Morgan fingerprint density at radius 2 is 1.53 bits per heavy atom. The lowest BCUT2D eigenvalue weighted by atomic mass is 10.1. The third-order valence-corrected chi connectivity index (χ3v) is 5.49. The number of carbonyl (C=O) groups excluding carboxylic acids is 2. The standard InChI is InChI=1S/C24H14F6N2O6/c25-23(26,27)20(33)37-22(38-21(34)24(28,29)30)11-31-10-12-8-9-16(32-19(12)36-22)15-6-3-5-14-13-4-1-2-7-17(13)35-18(14)15/h1-9,31H,10-11H2. The molecule has 14 heteroatoms.